The van der Waals surface area contributed by atoms with Crippen LogP contribution in [0.15, 0.2) is 87.6 Å². The third kappa shape index (κ3) is 5.26. The lowest BCUT2D eigenvalue weighted by Gasteiger charge is -2.06. The van der Waals surface area contributed by atoms with Crippen molar-refractivity contribution in [3.8, 4) is 0 Å². The van der Waals surface area contributed by atoms with Crippen molar-refractivity contribution < 1.29 is 13.2 Å². The minimum Gasteiger partial charge on any atom is -0.264 e. The highest BCUT2D eigenvalue weighted by Crippen LogP contribution is 2.30. The van der Waals surface area contributed by atoms with E-state index < -0.39 is 17.9 Å². The average Bonchev–Trinajstić information content (AvgIpc) is 2.68. The minimum atomic E-state index is -4.46. The molecule has 0 aliphatic carbocycles. The third-order valence-electron chi connectivity index (χ3n) is 3.61. The Labute approximate surface area is 158 Å². The van der Waals surface area contributed by atoms with Crippen LogP contribution in [-0.2, 0) is 6.18 Å². The highest BCUT2D eigenvalue weighted by Gasteiger charge is 2.30. The average molecular weight is 384 g/mol. The molecule has 0 saturated heterocycles. The molecule has 28 heavy (non-hydrogen) atoms. The van der Waals surface area contributed by atoms with Crippen molar-refractivity contribution in [1.29, 1.82) is 0 Å². The van der Waals surface area contributed by atoms with Gasteiger partial charge < -0.3 is 0 Å². The number of benzene rings is 1. The fourth-order valence-electron chi connectivity index (χ4n) is 2.22. The Kier molecular flexibility index (Phi) is 5.83. The summed E-state index contributed by atoms with van der Waals surface area (Å²) in [7, 11) is 0. The van der Waals surface area contributed by atoms with Crippen molar-refractivity contribution in [2.24, 2.45) is 20.5 Å². The first-order valence-electron chi connectivity index (χ1n) is 8.23. The van der Waals surface area contributed by atoms with Gasteiger partial charge in [-0.2, -0.15) is 28.5 Å². The SMILES string of the molecule is Cc1cccc(N=NC(N=Nc2ccc(C(F)(F)F)cn2)c2cccnc2)c1. The molecule has 0 N–H and O–H groups in total. The molecule has 9 heteroatoms. The molecular weight excluding hydrogens is 369 g/mol. The maximum Gasteiger partial charge on any atom is 0.417 e. The Bertz CT molecular complexity index is 969. The largest absolute Gasteiger partial charge is 0.417 e. The van der Waals surface area contributed by atoms with Gasteiger partial charge in [-0.25, -0.2) is 4.98 Å². The normalized spacial score (nSPS) is 13.3. The van der Waals surface area contributed by atoms with Crippen LogP contribution in [-0.4, -0.2) is 9.97 Å². The van der Waals surface area contributed by atoms with Gasteiger partial charge in [0.25, 0.3) is 0 Å². The molecule has 2 aromatic heterocycles. The lowest BCUT2D eigenvalue weighted by atomic mass is 10.2. The second kappa shape index (κ2) is 8.47. The van der Waals surface area contributed by atoms with E-state index in [0.29, 0.717) is 17.4 Å². The molecule has 0 aliphatic rings. The molecular formula is C19H15F3N6. The molecule has 1 unspecified atom stereocenters. The summed E-state index contributed by atoms with van der Waals surface area (Å²) in [6.07, 6.45) is -1.38. The van der Waals surface area contributed by atoms with Gasteiger partial charge in [0.2, 0.25) is 6.17 Å². The zero-order valence-electron chi connectivity index (χ0n) is 14.7. The fourth-order valence-corrected chi connectivity index (χ4v) is 2.22. The maximum absolute atomic E-state index is 12.6. The number of rotatable bonds is 5. The van der Waals surface area contributed by atoms with Gasteiger partial charge in [0.05, 0.1) is 11.3 Å². The monoisotopic (exact) mass is 384 g/mol. The maximum atomic E-state index is 12.6. The highest BCUT2D eigenvalue weighted by atomic mass is 19.4. The highest BCUT2D eigenvalue weighted by molar-refractivity contribution is 5.39. The van der Waals surface area contributed by atoms with Crippen LogP contribution in [0.5, 0.6) is 0 Å². The van der Waals surface area contributed by atoms with Crippen LogP contribution in [0.25, 0.3) is 0 Å². The van der Waals surface area contributed by atoms with Gasteiger partial charge in [-0.05, 0) is 42.8 Å². The van der Waals surface area contributed by atoms with E-state index in [1.807, 2.05) is 25.1 Å². The van der Waals surface area contributed by atoms with E-state index >= 15 is 0 Å². The minimum absolute atomic E-state index is 0.0349. The topological polar surface area (TPSA) is 75.2 Å². The number of nitrogens with zero attached hydrogens (tertiary/aromatic N) is 6. The Hall–Kier alpha value is -3.49. The van der Waals surface area contributed by atoms with Gasteiger partial charge in [0, 0.05) is 24.2 Å². The van der Waals surface area contributed by atoms with Crippen molar-refractivity contribution in [3.05, 3.63) is 83.8 Å². The van der Waals surface area contributed by atoms with Crippen LogP contribution in [0.2, 0.25) is 0 Å². The molecule has 0 spiro atoms. The molecule has 0 saturated carbocycles. The van der Waals surface area contributed by atoms with E-state index in [-0.39, 0.29) is 5.82 Å². The smallest absolute Gasteiger partial charge is 0.264 e. The second-order valence-corrected chi connectivity index (χ2v) is 5.83. The van der Waals surface area contributed by atoms with E-state index in [0.717, 1.165) is 17.7 Å². The van der Waals surface area contributed by atoms with Crippen LogP contribution in [0.4, 0.5) is 24.7 Å². The number of aryl methyl sites for hydroxylation is 1. The first kappa shape index (κ1) is 19.3. The van der Waals surface area contributed by atoms with Crippen molar-refractivity contribution >= 4 is 11.5 Å². The van der Waals surface area contributed by atoms with E-state index in [9.17, 15) is 13.2 Å². The zero-order valence-corrected chi connectivity index (χ0v) is 14.7. The first-order valence-corrected chi connectivity index (χ1v) is 8.23. The molecule has 0 radical (unpaired) electrons. The zero-order chi connectivity index (χ0) is 20.0. The number of halogens is 3. The van der Waals surface area contributed by atoms with Gasteiger partial charge in [0.1, 0.15) is 0 Å². The van der Waals surface area contributed by atoms with Crippen LogP contribution >= 0.6 is 0 Å². The number of hydrogen-bond donors (Lipinski definition) is 0. The summed E-state index contributed by atoms with van der Waals surface area (Å²) in [5.41, 5.74) is 1.46. The molecule has 3 rings (SSSR count). The number of hydrogen-bond acceptors (Lipinski definition) is 6. The third-order valence-corrected chi connectivity index (χ3v) is 3.61. The quantitative estimate of drug-likeness (QED) is 0.479. The summed E-state index contributed by atoms with van der Waals surface area (Å²) in [4.78, 5) is 7.70. The molecule has 1 aromatic carbocycles. The molecule has 0 bridgehead atoms. The van der Waals surface area contributed by atoms with E-state index in [2.05, 4.69) is 30.4 Å². The van der Waals surface area contributed by atoms with Crippen molar-refractivity contribution in [3.63, 3.8) is 0 Å². The second-order valence-electron chi connectivity index (χ2n) is 5.83. The summed E-state index contributed by atoms with van der Waals surface area (Å²) in [6, 6.07) is 13.0. The Balaban J connectivity index is 1.84. The lowest BCUT2D eigenvalue weighted by Crippen LogP contribution is -2.04. The number of alkyl halides is 3. The summed E-state index contributed by atoms with van der Waals surface area (Å²) in [6.45, 7) is 1.94. The van der Waals surface area contributed by atoms with Gasteiger partial charge in [0.15, 0.2) is 5.82 Å². The molecule has 3 aromatic rings. The van der Waals surface area contributed by atoms with Gasteiger partial charge >= 0.3 is 6.18 Å². The van der Waals surface area contributed by atoms with Crippen LogP contribution in [0, 0.1) is 6.92 Å². The van der Waals surface area contributed by atoms with Crippen LogP contribution < -0.4 is 0 Å². The first-order chi connectivity index (χ1) is 13.4. The summed E-state index contributed by atoms with van der Waals surface area (Å²) in [5, 5.41) is 16.3. The van der Waals surface area contributed by atoms with E-state index in [1.54, 1.807) is 30.6 Å². The van der Waals surface area contributed by atoms with Crippen LogP contribution in [0.1, 0.15) is 22.9 Å². The molecule has 1 atom stereocenters. The summed E-state index contributed by atoms with van der Waals surface area (Å²) < 4.78 is 37.8. The van der Waals surface area contributed by atoms with Crippen molar-refractivity contribution in [1.82, 2.24) is 9.97 Å². The fraction of sp³-hybridized carbons (Fsp3) is 0.158. The van der Waals surface area contributed by atoms with E-state index in [1.165, 1.54) is 0 Å². The summed E-state index contributed by atoms with van der Waals surface area (Å²) >= 11 is 0. The molecule has 2 heterocycles. The van der Waals surface area contributed by atoms with Gasteiger partial charge in [-0.3, -0.25) is 4.98 Å². The number of azo groups is 2. The Morgan fingerprint density at radius 2 is 1.75 bits per heavy atom. The van der Waals surface area contributed by atoms with Crippen molar-refractivity contribution in [2.45, 2.75) is 19.3 Å². The predicted molar refractivity (Wildman–Crippen MR) is 96.4 cm³/mol. The molecule has 0 fully saturated rings. The molecule has 0 amide bonds. The number of aromatic nitrogens is 2. The van der Waals surface area contributed by atoms with Gasteiger partial charge in [-0.15, -0.1) is 5.11 Å². The molecule has 142 valence electrons. The molecule has 0 aliphatic heterocycles. The van der Waals surface area contributed by atoms with Crippen LogP contribution in [0.3, 0.4) is 0 Å². The lowest BCUT2D eigenvalue weighted by molar-refractivity contribution is -0.137. The Morgan fingerprint density at radius 1 is 0.929 bits per heavy atom. The summed E-state index contributed by atoms with van der Waals surface area (Å²) in [5.74, 6) is 0.0349. The Morgan fingerprint density at radius 3 is 2.39 bits per heavy atom. The van der Waals surface area contributed by atoms with E-state index in [4.69, 9.17) is 0 Å². The molecule has 6 nitrogen and oxygen atoms in total. The van der Waals surface area contributed by atoms with Gasteiger partial charge in [-0.1, -0.05) is 18.2 Å². The van der Waals surface area contributed by atoms with Crippen molar-refractivity contribution in [2.75, 3.05) is 0 Å². The predicted octanol–water partition coefficient (Wildman–Crippen LogP) is 6.37. The number of pyridine rings is 2. The standard InChI is InChI=1S/C19H15F3N6/c1-13-4-2-6-16(10-13)25-27-18(14-5-3-9-23-11-14)28-26-17-8-7-15(12-24-17)19(20,21)22/h2-12,18H,1H3.